The molecular weight excluding hydrogens is 208 g/mol. The molecule has 0 aromatic rings. The molecule has 92 valence electrons. The molecule has 1 saturated heterocycles. The van der Waals surface area contributed by atoms with Gasteiger partial charge in [-0.05, 0) is 13.8 Å². The maximum atomic E-state index is 11.4. The Kier molecular flexibility index (Phi) is 4.44. The zero-order chi connectivity index (χ0) is 12.2. The number of hydrogen-bond donors (Lipinski definition) is 1. The van der Waals surface area contributed by atoms with E-state index in [1.165, 1.54) is 0 Å². The molecule has 1 aliphatic rings. The first-order chi connectivity index (χ1) is 7.46. The van der Waals surface area contributed by atoms with E-state index in [1.807, 2.05) is 27.7 Å². The second-order valence-corrected chi connectivity index (χ2v) is 4.70. The van der Waals surface area contributed by atoms with E-state index in [1.54, 1.807) is 0 Å². The highest BCUT2D eigenvalue weighted by atomic mass is 16.7. The molecule has 5 nitrogen and oxygen atoms in total. The quantitative estimate of drug-likeness (QED) is 0.582. The lowest BCUT2D eigenvalue weighted by Gasteiger charge is -2.32. The molecule has 1 rings (SSSR count). The third kappa shape index (κ3) is 3.28. The van der Waals surface area contributed by atoms with Crippen LogP contribution >= 0.6 is 0 Å². The SMILES string of the molecule is C/C(=N/NC(=O)C(C)C)C1(C)COCOC1. The molecule has 0 aromatic heterocycles. The van der Waals surface area contributed by atoms with Gasteiger partial charge in [-0.3, -0.25) is 4.79 Å². The van der Waals surface area contributed by atoms with E-state index < -0.39 is 0 Å². The summed E-state index contributed by atoms with van der Waals surface area (Å²) < 4.78 is 10.5. The van der Waals surface area contributed by atoms with Gasteiger partial charge in [0.1, 0.15) is 6.79 Å². The topological polar surface area (TPSA) is 59.9 Å². The number of amides is 1. The Morgan fingerprint density at radius 3 is 2.44 bits per heavy atom. The van der Waals surface area contributed by atoms with Crippen LogP contribution in [-0.4, -0.2) is 31.6 Å². The largest absolute Gasteiger partial charge is 0.354 e. The molecule has 0 saturated carbocycles. The molecule has 0 aromatic carbocycles. The first-order valence-electron chi connectivity index (χ1n) is 5.46. The average Bonchev–Trinajstić information content (AvgIpc) is 2.26. The van der Waals surface area contributed by atoms with Gasteiger partial charge in [0.2, 0.25) is 5.91 Å². The van der Waals surface area contributed by atoms with E-state index >= 15 is 0 Å². The van der Waals surface area contributed by atoms with Crippen LogP contribution in [0.3, 0.4) is 0 Å². The van der Waals surface area contributed by atoms with Crippen LogP contribution in [-0.2, 0) is 14.3 Å². The van der Waals surface area contributed by atoms with Crippen LogP contribution in [0.25, 0.3) is 0 Å². The van der Waals surface area contributed by atoms with Gasteiger partial charge < -0.3 is 9.47 Å². The van der Waals surface area contributed by atoms with Gasteiger partial charge in [0.15, 0.2) is 0 Å². The van der Waals surface area contributed by atoms with E-state index in [0.717, 1.165) is 5.71 Å². The molecule has 1 aliphatic heterocycles. The van der Waals surface area contributed by atoms with Crippen LogP contribution in [0, 0.1) is 11.3 Å². The molecule has 5 heteroatoms. The lowest BCUT2D eigenvalue weighted by molar-refractivity contribution is -0.138. The zero-order valence-electron chi connectivity index (χ0n) is 10.4. The maximum absolute atomic E-state index is 11.4. The van der Waals surface area contributed by atoms with E-state index in [2.05, 4.69) is 10.5 Å². The Morgan fingerprint density at radius 2 is 1.94 bits per heavy atom. The number of nitrogens with one attached hydrogen (secondary N) is 1. The summed E-state index contributed by atoms with van der Waals surface area (Å²) >= 11 is 0. The third-order valence-electron chi connectivity index (χ3n) is 2.74. The zero-order valence-corrected chi connectivity index (χ0v) is 10.4. The summed E-state index contributed by atoms with van der Waals surface area (Å²) in [6, 6.07) is 0. The normalized spacial score (nSPS) is 20.9. The molecule has 0 radical (unpaired) electrons. The van der Waals surface area contributed by atoms with Crippen LogP contribution < -0.4 is 5.43 Å². The molecule has 1 N–H and O–H groups in total. The molecule has 0 spiro atoms. The monoisotopic (exact) mass is 228 g/mol. The van der Waals surface area contributed by atoms with Crippen LogP contribution in [0.1, 0.15) is 27.7 Å². The summed E-state index contributed by atoms with van der Waals surface area (Å²) in [7, 11) is 0. The Hall–Kier alpha value is -0.940. The van der Waals surface area contributed by atoms with Crippen molar-refractivity contribution in [1.82, 2.24) is 5.43 Å². The van der Waals surface area contributed by atoms with Gasteiger partial charge in [-0.1, -0.05) is 13.8 Å². The van der Waals surface area contributed by atoms with Gasteiger partial charge in [-0.15, -0.1) is 0 Å². The van der Waals surface area contributed by atoms with Crippen LogP contribution in [0.4, 0.5) is 0 Å². The van der Waals surface area contributed by atoms with Crippen molar-refractivity contribution in [2.45, 2.75) is 27.7 Å². The van der Waals surface area contributed by atoms with E-state index in [4.69, 9.17) is 9.47 Å². The number of hydrogen-bond acceptors (Lipinski definition) is 4. The molecule has 1 fully saturated rings. The first-order valence-corrected chi connectivity index (χ1v) is 5.46. The van der Waals surface area contributed by atoms with Gasteiger partial charge in [0.25, 0.3) is 0 Å². The number of carbonyl (C=O) groups excluding carboxylic acids is 1. The third-order valence-corrected chi connectivity index (χ3v) is 2.74. The van der Waals surface area contributed by atoms with Crippen molar-refractivity contribution in [3.63, 3.8) is 0 Å². The number of carbonyl (C=O) groups is 1. The van der Waals surface area contributed by atoms with Gasteiger partial charge in [0.05, 0.1) is 18.6 Å². The van der Waals surface area contributed by atoms with Crippen LogP contribution in [0.5, 0.6) is 0 Å². The van der Waals surface area contributed by atoms with Crippen LogP contribution in [0.15, 0.2) is 5.10 Å². The van der Waals surface area contributed by atoms with Gasteiger partial charge in [0, 0.05) is 11.6 Å². The summed E-state index contributed by atoms with van der Waals surface area (Å²) in [4.78, 5) is 11.4. The Morgan fingerprint density at radius 1 is 1.38 bits per heavy atom. The number of nitrogens with zero attached hydrogens (tertiary/aromatic N) is 1. The van der Waals surface area contributed by atoms with E-state index in [9.17, 15) is 4.79 Å². The fraction of sp³-hybridized carbons (Fsp3) is 0.818. The summed E-state index contributed by atoms with van der Waals surface area (Å²) in [5.74, 6) is -0.149. The van der Waals surface area contributed by atoms with E-state index in [0.29, 0.717) is 20.0 Å². The summed E-state index contributed by atoms with van der Waals surface area (Å²) in [5, 5.41) is 4.10. The lowest BCUT2D eigenvalue weighted by Crippen LogP contribution is -2.41. The highest BCUT2D eigenvalue weighted by Crippen LogP contribution is 2.23. The lowest BCUT2D eigenvalue weighted by atomic mass is 9.87. The Labute approximate surface area is 96.2 Å². The van der Waals surface area contributed by atoms with Gasteiger partial charge >= 0.3 is 0 Å². The Bertz CT molecular complexity index is 281. The minimum atomic E-state index is -0.248. The minimum absolute atomic E-state index is 0.0665. The second kappa shape index (κ2) is 5.41. The Balaban J connectivity index is 2.58. The van der Waals surface area contributed by atoms with Crippen LogP contribution in [0.2, 0.25) is 0 Å². The van der Waals surface area contributed by atoms with Crippen molar-refractivity contribution in [1.29, 1.82) is 0 Å². The van der Waals surface area contributed by atoms with E-state index in [-0.39, 0.29) is 17.2 Å². The number of ether oxygens (including phenoxy) is 2. The highest BCUT2D eigenvalue weighted by molar-refractivity contribution is 5.89. The smallest absolute Gasteiger partial charge is 0.242 e. The molecule has 0 bridgehead atoms. The van der Waals surface area contributed by atoms with Crippen molar-refractivity contribution in [3.05, 3.63) is 0 Å². The molecular formula is C11H20N2O3. The number of hydrazone groups is 1. The average molecular weight is 228 g/mol. The molecule has 0 unspecified atom stereocenters. The van der Waals surface area contributed by atoms with Crippen molar-refractivity contribution in [2.24, 2.45) is 16.4 Å². The molecule has 16 heavy (non-hydrogen) atoms. The predicted molar refractivity (Wildman–Crippen MR) is 61.0 cm³/mol. The van der Waals surface area contributed by atoms with Crippen molar-refractivity contribution >= 4 is 11.6 Å². The summed E-state index contributed by atoms with van der Waals surface area (Å²) in [5.41, 5.74) is 3.12. The standard InChI is InChI=1S/C11H20N2O3/c1-8(2)10(14)13-12-9(3)11(4)5-15-7-16-6-11/h8H,5-7H2,1-4H3,(H,13,14)/b12-9-. The maximum Gasteiger partial charge on any atom is 0.242 e. The predicted octanol–water partition coefficient (Wildman–Crippen LogP) is 1.15. The fourth-order valence-corrected chi connectivity index (χ4v) is 1.25. The first kappa shape index (κ1) is 13.1. The van der Waals surface area contributed by atoms with Gasteiger partial charge in [-0.25, -0.2) is 5.43 Å². The minimum Gasteiger partial charge on any atom is -0.354 e. The summed E-state index contributed by atoms with van der Waals surface area (Å²) in [6.07, 6.45) is 0. The van der Waals surface area contributed by atoms with Crippen molar-refractivity contribution in [3.8, 4) is 0 Å². The molecule has 0 atom stereocenters. The molecule has 0 aliphatic carbocycles. The fourth-order valence-electron chi connectivity index (χ4n) is 1.25. The number of rotatable bonds is 3. The highest BCUT2D eigenvalue weighted by Gasteiger charge is 2.32. The molecule has 1 heterocycles. The van der Waals surface area contributed by atoms with Crippen molar-refractivity contribution in [2.75, 3.05) is 20.0 Å². The summed E-state index contributed by atoms with van der Waals surface area (Å²) in [6.45, 7) is 9.01. The van der Waals surface area contributed by atoms with Gasteiger partial charge in [-0.2, -0.15) is 5.10 Å². The van der Waals surface area contributed by atoms with Crippen molar-refractivity contribution < 1.29 is 14.3 Å². The molecule has 1 amide bonds. The second-order valence-electron chi connectivity index (χ2n) is 4.70.